The third kappa shape index (κ3) is 3.55. The zero-order valence-electron chi connectivity index (χ0n) is 8.67. The second-order valence-corrected chi connectivity index (χ2v) is 3.98. The topological polar surface area (TPSA) is 40.5 Å². The summed E-state index contributed by atoms with van der Waals surface area (Å²) in [5.74, 6) is 0.484. The van der Waals surface area contributed by atoms with Crippen molar-refractivity contribution in [2.45, 2.75) is 58.7 Å². The van der Waals surface area contributed by atoms with E-state index in [1.54, 1.807) is 6.92 Å². The molecule has 0 radical (unpaired) electrons. The van der Waals surface area contributed by atoms with Crippen LogP contribution in [0.15, 0.2) is 0 Å². The Bertz CT molecular complexity index is 121. The van der Waals surface area contributed by atoms with Crippen LogP contribution in [0.2, 0.25) is 0 Å². The molecule has 0 aromatic heterocycles. The van der Waals surface area contributed by atoms with Crippen molar-refractivity contribution in [3.8, 4) is 0 Å². The molecule has 0 aliphatic rings. The summed E-state index contributed by atoms with van der Waals surface area (Å²) in [6.45, 7) is 7.77. The second-order valence-electron chi connectivity index (χ2n) is 3.98. The zero-order valence-corrected chi connectivity index (χ0v) is 8.67. The Morgan fingerprint density at radius 3 is 2.17 bits per heavy atom. The van der Waals surface area contributed by atoms with Crippen molar-refractivity contribution in [2.75, 3.05) is 0 Å². The molecule has 2 N–H and O–H groups in total. The number of hydrogen-bond donors (Lipinski definition) is 2. The van der Waals surface area contributed by atoms with Gasteiger partial charge < -0.3 is 10.2 Å². The Balaban J connectivity index is 3.93. The Morgan fingerprint density at radius 1 is 1.33 bits per heavy atom. The first-order valence-corrected chi connectivity index (χ1v) is 4.84. The van der Waals surface area contributed by atoms with Crippen LogP contribution in [-0.4, -0.2) is 21.9 Å². The van der Waals surface area contributed by atoms with E-state index in [0.717, 1.165) is 6.42 Å². The lowest BCUT2D eigenvalue weighted by Crippen LogP contribution is -2.39. The average molecular weight is 174 g/mol. The van der Waals surface area contributed by atoms with Crippen molar-refractivity contribution in [2.24, 2.45) is 5.92 Å². The van der Waals surface area contributed by atoms with E-state index in [4.69, 9.17) is 0 Å². The summed E-state index contributed by atoms with van der Waals surface area (Å²) in [7, 11) is 0. The quantitative estimate of drug-likeness (QED) is 0.668. The molecule has 0 aliphatic carbocycles. The maximum Gasteiger partial charge on any atom is 0.0875 e. The minimum Gasteiger partial charge on any atom is -0.390 e. The molecule has 3 unspecified atom stereocenters. The Kier molecular flexibility index (Phi) is 4.80. The molecule has 0 saturated heterocycles. The molecule has 0 amide bonds. The van der Waals surface area contributed by atoms with Crippen LogP contribution in [0.1, 0.15) is 47.0 Å². The van der Waals surface area contributed by atoms with Gasteiger partial charge in [-0.3, -0.25) is 0 Å². The first-order chi connectivity index (χ1) is 5.44. The van der Waals surface area contributed by atoms with Crippen molar-refractivity contribution >= 4 is 0 Å². The summed E-state index contributed by atoms with van der Waals surface area (Å²) in [6.07, 6.45) is 1.76. The van der Waals surface area contributed by atoms with Gasteiger partial charge in [-0.15, -0.1) is 0 Å². The summed E-state index contributed by atoms with van der Waals surface area (Å²) in [5.41, 5.74) is -0.913. The lowest BCUT2D eigenvalue weighted by molar-refractivity contribution is -0.0726. The standard InChI is InChI=1S/C10H22O2/c1-5-8(3)7-9(11)10(4,12)6-2/h8-9,11-12H,5-7H2,1-4H3. The van der Waals surface area contributed by atoms with Crippen LogP contribution in [0.3, 0.4) is 0 Å². The lowest BCUT2D eigenvalue weighted by Gasteiger charge is -2.29. The molecule has 74 valence electrons. The molecule has 0 aromatic carbocycles. The predicted octanol–water partition coefficient (Wildman–Crippen LogP) is 1.94. The van der Waals surface area contributed by atoms with Crippen LogP contribution in [0, 0.1) is 5.92 Å². The van der Waals surface area contributed by atoms with E-state index in [0.29, 0.717) is 18.8 Å². The van der Waals surface area contributed by atoms with E-state index in [-0.39, 0.29) is 0 Å². The summed E-state index contributed by atoms with van der Waals surface area (Å²) in [6, 6.07) is 0. The maximum absolute atomic E-state index is 9.69. The van der Waals surface area contributed by atoms with Gasteiger partial charge in [-0.25, -0.2) is 0 Å². The van der Waals surface area contributed by atoms with Gasteiger partial charge in [-0.1, -0.05) is 27.2 Å². The maximum atomic E-state index is 9.69. The van der Waals surface area contributed by atoms with Gasteiger partial charge in [0.15, 0.2) is 0 Å². The van der Waals surface area contributed by atoms with Crippen molar-refractivity contribution < 1.29 is 10.2 Å². The van der Waals surface area contributed by atoms with Gasteiger partial charge in [-0.2, -0.15) is 0 Å². The SMILES string of the molecule is CCC(C)CC(O)C(C)(O)CC. The zero-order chi connectivity index (χ0) is 9.78. The van der Waals surface area contributed by atoms with Gasteiger partial charge in [0.1, 0.15) is 0 Å². The van der Waals surface area contributed by atoms with E-state index in [1.807, 2.05) is 6.92 Å². The van der Waals surface area contributed by atoms with Crippen LogP contribution in [-0.2, 0) is 0 Å². The predicted molar refractivity (Wildman–Crippen MR) is 51.0 cm³/mol. The molecule has 0 bridgehead atoms. The molecular formula is C10H22O2. The minimum atomic E-state index is -0.913. The molecule has 2 heteroatoms. The Morgan fingerprint density at radius 2 is 1.83 bits per heavy atom. The highest BCUT2D eigenvalue weighted by molar-refractivity contribution is 4.80. The highest BCUT2D eigenvalue weighted by Crippen LogP contribution is 2.21. The van der Waals surface area contributed by atoms with E-state index < -0.39 is 11.7 Å². The molecule has 0 rings (SSSR count). The molecule has 0 aliphatic heterocycles. The molecule has 3 atom stereocenters. The Labute approximate surface area is 75.6 Å². The van der Waals surface area contributed by atoms with Gasteiger partial charge in [0.05, 0.1) is 11.7 Å². The molecule has 12 heavy (non-hydrogen) atoms. The largest absolute Gasteiger partial charge is 0.390 e. The molecule has 2 nitrogen and oxygen atoms in total. The van der Waals surface area contributed by atoms with Gasteiger partial charge >= 0.3 is 0 Å². The molecule has 0 aromatic rings. The van der Waals surface area contributed by atoms with E-state index in [2.05, 4.69) is 13.8 Å². The summed E-state index contributed by atoms with van der Waals surface area (Å²) in [5, 5.41) is 19.3. The van der Waals surface area contributed by atoms with Gasteiger partial charge in [0.2, 0.25) is 0 Å². The fraction of sp³-hybridized carbons (Fsp3) is 1.00. The monoisotopic (exact) mass is 174 g/mol. The van der Waals surface area contributed by atoms with Gasteiger partial charge in [0, 0.05) is 0 Å². The molecule has 0 heterocycles. The van der Waals surface area contributed by atoms with E-state index in [1.165, 1.54) is 0 Å². The first-order valence-electron chi connectivity index (χ1n) is 4.84. The molecule has 0 fully saturated rings. The second kappa shape index (κ2) is 4.83. The molecular weight excluding hydrogens is 152 g/mol. The average Bonchev–Trinajstić information content (AvgIpc) is 2.04. The number of aliphatic hydroxyl groups excluding tert-OH is 1. The van der Waals surface area contributed by atoms with Crippen LogP contribution in [0.4, 0.5) is 0 Å². The third-order valence-corrected chi connectivity index (χ3v) is 2.76. The third-order valence-electron chi connectivity index (χ3n) is 2.76. The van der Waals surface area contributed by atoms with Crippen molar-refractivity contribution in [3.63, 3.8) is 0 Å². The fourth-order valence-electron chi connectivity index (χ4n) is 1.04. The molecule has 0 saturated carbocycles. The number of rotatable bonds is 5. The number of hydrogen-bond acceptors (Lipinski definition) is 2. The first kappa shape index (κ1) is 11.9. The smallest absolute Gasteiger partial charge is 0.0875 e. The van der Waals surface area contributed by atoms with Crippen LogP contribution >= 0.6 is 0 Å². The van der Waals surface area contributed by atoms with Crippen molar-refractivity contribution in [1.82, 2.24) is 0 Å². The van der Waals surface area contributed by atoms with Crippen LogP contribution in [0.25, 0.3) is 0 Å². The highest BCUT2D eigenvalue weighted by Gasteiger charge is 2.28. The lowest BCUT2D eigenvalue weighted by atomic mass is 9.88. The summed E-state index contributed by atoms with van der Waals surface area (Å²) < 4.78 is 0. The fourth-order valence-corrected chi connectivity index (χ4v) is 1.04. The Hall–Kier alpha value is -0.0800. The number of aliphatic hydroxyl groups is 2. The molecule has 0 spiro atoms. The van der Waals surface area contributed by atoms with E-state index >= 15 is 0 Å². The van der Waals surface area contributed by atoms with E-state index in [9.17, 15) is 10.2 Å². The van der Waals surface area contributed by atoms with Gasteiger partial charge in [0.25, 0.3) is 0 Å². The van der Waals surface area contributed by atoms with Gasteiger partial charge in [-0.05, 0) is 25.7 Å². The highest BCUT2D eigenvalue weighted by atomic mass is 16.3. The van der Waals surface area contributed by atoms with Crippen molar-refractivity contribution in [3.05, 3.63) is 0 Å². The van der Waals surface area contributed by atoms with Crippen molar-refractivity contribution in [1.29, 1.82) is 0 Å². The minimum absolute atomic E-state index is 0.484. The summed E-state index contributed by atoms with van der Waals surface area (Å²) >= 11 is 0. The van der Waals surface area contributed by atoms with Crippen LogP contribution in [0.5, 0.6) is 0 Å². The summed E-state index contributed by atoms with van der Waals surface area (Å²) in [4.78, 5) is 0. The van der Waals surface area contributed by atoms with Crippen LogP contribution < -0.4 is 0 Å². The normalized spacial score (nSPS) is 21.5.